The molecule has 0 aliphatic rings. The number of fused-ring (bicyclic) bond motifs is 1. The summed E-state index contributed by atoms with van der Waals surface area (Å²) in [5.41, 5.74) is 0.582. The van der Waals surface area contributed by atoms with Crippen LogP contribution in [0.1, 0.15) is 9.88 Å². The second-order valence-corrected chi connectivity index (χ2v) is 6.20. The van der Waals surface area contributed by atoms with E-state index >= 15 is 0 Å². The molecule has 0 unspecified atom stereocenters. The van der Waals surface area contributed by atoms with E-state index in [1.165, 1.54) is 11.3 Å². The van der Waals surface area contributed by atoms with Crippen LogP contribution >= 0.6 is 11.3 Å². The van der Waals surface area contributed by atoms with Gasteiger partial charge in [-0.1, -0.05) is 12.1 Å². The summed E-state index contributed by atoms with van der Waals surface area (Å²) in [6, 6.07) is 7.24. The molecule has 2 amide bonds. The van der Waals surface area contributed by atoms with Crippen LogP contribution in [0.2, 0.25) is 0 Å². The van der Waals surface area contributed by atoms with Gasteiger partial charge in [-0.25, -0.2) is 4.98 Å². The molecule has 6 nitrogen and oxygen atoms in total. The first-order valence-electron chi connectivity index (χ1n) is 6.97. The van der Waals surface area contributed by atoms with Crippen LogP contribution in [0, 0.1) is 6.92 Å². The lowest BCUT2D eigenvalue weighted by atomic mass is 10.1. The number of pyridine rings is 1. The number of rotatable bonds is 3. The summed E-state index contributed by atoms with van der Waals surface area (Å²) in [6.45, 7) is 2.18. The van der Waals surface area contributed by atoms with Gasteiger partial charge in [0, 0.05) is 39.9 Å². The van der Waals surface area contributed by atoms with E-state index in [0.717, 1.165) is 20.7 Å². The number of aryl methyl sites for hydroxylation is 1. The lowest BCUT2D eigenvalue weighted by Crippen LogP contribution is -2.34. The highest BCUT2D eigenvalue weighted by molar-refractivity contribution is 7.11. The zero-order valence-corrected chi connectivity index (χ0v) is 13.2. The van der Waals surface area contributed by atoms with E-state index in [1.807, 2.05) is 13.0 Å². The predicted molar refractivity (Wildman–Crippen MR) is 89.1 cm³/mol. The summed E-state index contributed by atoms with van der Waals surface area (Å²) >= 11 is 1.48. The Morgan fingerprint density at radius 2 is 2.04 bits per heavy atom. The van der Waals surface area contributed by atoms with Crippen molar-refractivity contribution in [3.05, 3.63) is 52.7 Å². The largest absolute Gasteiger partial charge is 0.343 e. The van der Waals surface area contributed by atoms with E-state index in [1.54, 1.807) is 36.8 Å². The molecule has 0 atom stereocenters. The number of benzene rings is 1. The number of thiazole rings is 1. The Hall–Kier alpha value is -2.80. The van der Waals surface area contributed by atoms with Crippen LogP contribution < -0.4 is 10.6 Å². The molecule has 0 saturated carbocycles. The van der Waals surface area contributed by atoms with Crippen LogP contribution in [0.3, 0.4) is 0 Å². The molecule has 0 saturated heterocycles. The molecule has 3 aromatic rings. The average Bonchev–Trinajstić information content (AvgIpc) is 2.98. The molecule has 116 valence electrons. The number of carbonyl (C=O) groups is 2. The summed E-state index contributed by atoms with van der Waals surface area (Å²) in [5.74, 6) is -1.38. The molecule has 2 N–H and O–H groups in total. The van der Waals surface area contributed by atoms with Crippen molar-refractivity contribution in [2.24, 2.45) is 0 Å². The standard InChI is InChI=1S/C16H14N4O2S/c1-10-18-8-12(23-10)9-19-15(21)16(22)20-14-4-2-3-11-7-17-6-5-13(11)14/h2-8H,9H2,1H3,(H,19,21)(H,20,22). The van der Waals surface area contributed by atoms with E-state index in [2.05, 4.69) is 20.6 Å². The Bertz CT molecular complexity index is 870. The van der Waals surface area contributed by atoms with Gasteiger partial charge in [0.1, 0.15) is 0 Å². The highest BCUT2D eigenvalue weighted by Gasteiger charge is 2.15. The Morgan fingerprint density at radius 3 is 2.83 bits per heavy atom. The van der Waals surface area contributed by atoms with Crippen molar-refractivity contribution in [3.8, 4) is 0 Å². The van der Waals surface area contributed by atoms with Gasteiger partial charge in [0.25, 0.3) is 0 Å². The van der Waals surface area contributed by atoms with Gasteiger partial charge in [-0.3, -0.25) is 14.6 Å². The van der Waals surface area contributed by atoms with Crippen LogP contribution in [0.5, 0.6) is 0 Å². The molecular formula is C16H14N4O2S. The summed E-state index contributed by atoms with van der Waals surface area (Å²) in [4.78, 5) is 33.0. The summed E-state index contributed by atoms with van der Waals surface area (Å²) < 4.78 is 0. The van der Waals surface area contributed by atoms with Crippen LogP contribution in [0.4, 0.5) is 5.69 Å². The van der Waals surface area contributed by atoms with Crippen LogP contribution in [-0.2, 0) is 16.1 Å². The van der Waals surface area contributed by atoms with Gasteiger partial charge in [-0.05, 0) is 19.1 Å². The van der Waals surface area contributed by atoms with Gasteiger partial charge in [0.05, 0.1) is 11.6 Å². The predicted octanol–water partition coefficient (Wildman–Crippen LogP) is 2.25. The highest BCUT2D eigenvalue weighted by atomic mass is 32.1. The second-order valence-electron chi connectivity index (χ2n) is 4.88. The minimum atomic E-state index is -0.699. The third-order valence-electron chi connectivity index (χ3n) is 3.23. The lowest BCUT2D eigenvalue weighted by Gasteiger charge is -2.08. The molecule has 2 heterocycles. The molecular weight excluding hydrogens is 312 g/mol. The molecule has 0 bridgehead atoms. The third kappa shape index (κ3) is 3.51. The monoisotopic (exact) mass is 326 g/mol. The van der Waals surface area contributed by atoms with Gasteiger partial charge in [-0.15, -0.1) is 11.3 Å². The highest BCUT2D eigenvalue weighted by Crippen LogP contribution is 2.21. The molecule has 0 fully saturated rings. The number of hydrogen-bond acceptors (Lipinski definition) is 5. The summed E-state index contributed by atoms with van der Waals surface area (Å²) in [5, 5.41) is 7.87. The topological polar surface area (TPSA) is 84.0 Å². The Labute approximate surface area is 136 Å². The Morgan fingerprint density at radius 1 is 1.17 bits per heavy atom. The zero-order chi connectivity index (χ0) is 16.2. The van der Waals surface area contributed by atoms with E-state index in [4.69, 9.17) is 0 Å². The fourth-order valence-electron chi connectivity index (χ4n) is 2.15. The average molecular weight is 326 g/mol. The van der Waals surface area contributed by atoms with E-state index in [0.29, 0.717) is 5.69 Å². The normalized spacial score (nSPS) is 10.5. The molecule has 7 heteroatoms. The number of anilines is 1. The van der Waals surface area contributed by atoms with Crippen molar-refractivity contribution < 1.29 is 9.59 Å². The molecule has 0 aliphatic heterocycles. The first-order chi connectivity index (χ1) is 11.1. The van der Waals surface area contributed by atoms with Gasteiger partial charge >= 0.3 is 11.8 Å². The number of nitrogens with one attached hydrogen (secondary N) is 2. The fourth-order valence-corrected chi connectivity index (χ4v) is 2.88. The smallest absolute Gasteiger partial charge is 0.313 e. The number of nitrogens with zero attached hydrogens (tertiary/aromatic N) is 2. The maximum absolute atomic E-state index is 12.0. The third-order valence-corrected chi connectivity index (χ3v) is 4.14. The Balaban J connectivity index is 1.67. The van der Waals surface area contributed by atoms with Crippen molar-refractivity contribution in [2.45, 2.75) is 13.5 Å². The van der Waals surface area contributed by atoms with E-state index in [-0.39, 0.29) is 6.54 Å². The zero-order valence-electron chi connectivity index (χ0n) is 12.4. The van der Waals surface area contributed by atoms with Crippen molar-refractivity contribution in [2.75, 3.05) is 5.32 Å². The maximum Gasteiger partial charge on any atom is 0.313 e. The molecule has 0 aliphatic carbocycles. The van der Waals surface area contributed by atoms with Crippen molar-refractivity contribution in [3.63, 3.8) is 0 Å². The van der Waals surface area contributed by atoms with E-state index in [9.17, 15) is 9.59 Å². The second kappa shape index (κ2) is 6.53. The fraction of sp³-hybridized carbons (Fsp3) is 0.125. The minimum absolute atomic E-state index is 0.289. The molecule has 0 radical (unpaired) electrons. The Kier molecular flexibility index (Phi) is 4.29. The van der Waals surface area contributed by atoms with E-state index < -0.39 is 11.8 Å². The summed E-state index contributed by atoms with van der Waals surface area (Å²) in [7, 11) is 0. The first-order valence-corrected chi connectivity index (χ1v) is 7.78. The number of aromatic nitrogens is 2. The number of amides is 2. The van der Waals surface area contributed by atoms with Crippen LogP contribution in [0.25, 0.3) is 10.8 Å². The number of carbonyl (C=O) groups excluding carboxylic acids is 2. The first kappa shape index (κ1) is 15.1. The number of hydrogen-bond donors (Lipinski definition) is 2. The van der Waals surface area contributed by atoms with Gasteiger partial charge in [0.2, 0.25) is 0 Å². The molecule has 0 spiro atoms. The van der Waals surface area contributed by atoms with Crippen LogP contribution in [0.15, 0.2) is 42.9 Å². The molecule has 23 heavy (non-hydrogen) atoms. The molecule has 2 aromatic heterocycles. The molecule has 3 rings (SSSR count). The van der Waals surface area contributed by atoms with Crippen LogP contribution in [-0.4, -0.2) is 21.8 Å². The van der Waals surface area contributed by atoms with Gasteiger partial charge in [0.15, 0.2) is 0 Å². The lowest BCUT2D eigenvalue weighted by molar-refractivity contribution is -0.136. The quantitative estimate of drug-likeness (QED) is 0.723. The summed E-state index contributed by atoms with van der Waals surface area (Å²) in [6.07, 6.45) is 5.04. The van der Waals surface area contributed by atoms with Crippen molar-refractivity contribution in [1.82, 2.24) is 15.3 Å². The minimum Gasteiger partial charge on any atom is -0.343 e. The molecule has 1 aromatic carbocycles. The maximum atomic E-state index is 12.0. The van der Waals surface area contributed by atoms with Crippen molar-refractivity contribution in [1.29, 1.82) is 0 Å². The van der Waals surface area contributed by atoms with Gasteiger partial charge < -0.3 is 10.6 Å². The van der Waals surface area contributed by atoms with Crippen molar-refractivity contribution >= 4 is 39.6 Å². The van der Waals surface area contributed by atoms with Gasteiger partial charge in [-0.2, -0.15) is 0 Å². The SMILES string of the molecule is Cc1ncc(CNC(=O)C(=O)Nc2cccc3cnccc23)s1.